The molecule has 2 heterocycles. The Morgan fingerprint density at radius 1 is 1.32 bits per heavy atom. The molecule has 0 unspecified atom stereocenters. The van der Waals surface area contributed by atoms with E-state index in [1.807, 2.05) is 42.6 Å². The van der Waals surface area contributed by atoms with Crippen LogP contribution in [0.1, 0.15) is 5.56 Å². The second-order valence-corrected chi connectivity index (χ2v) is 5.59. The molecule has 96 valence electrons. The van der Waals surface area contributed by atoms with Gasteiger partial charge in [0.15, 0.2) is 11.6 Å². The lowest BCUT2D eigenvalue weighted by molar-refractivity contribution is 0.436. The number of nitrogens with two attached hydrogens (primary N) is 1. The first kappa shape index (κ1) is 12.3. The first-order valence-electron chi connectivity index (χ1n) is 5.72. The standard InChI is InChI=1S/C14H11ClN2OS/c1-8-4-5-9(10(15)7-8)13-12(14(16)17-18-13)11-3-2-6-19-11/h2-7H,1H3,(H2,16,17). The summed E-state index contributed by atoms with van der Waals surface area (Å²) in [6, 6.07) is 9.76. The van der Waals surface area contributed by atoms with Crippen molar-refractivity contribution >= 4 is 28.8 Å². The van der Waals surface area contributed by atoms with Crippen LogP contribution in [0.2, 0.25) is 5.02 Å². The molecular formula is C14H11ClN2OS. The van der Waals surface area contributed by atoms with Gasteiger partial charge in [0.2, 0.25) is 0 Å². The summed E-state index contributed by atoms with van der Waals surface area (Å²) in [5.74, 6) is 0.999. The number of hydrogen-bond donors (Lipinski definition) is 1. The van der Waals surface area contributed by atoms with E-state index in [9.17, 15) is 0 Å². The number of hydrogen-bond acceptors (Lipinski definition) is 4. The first-order valence-corrected chi connectivity index (χ1v) is 6.98. The molecule has 0 bridgehead atoms. The van der Waals surface area contributed by atoms with Crippen LogP contribution in [0.3, 0.4) is 0 Å². The average Bonchev–Trinajstić information content (AvgIpc) is 2.98. The summed E-state index contributed by atoms with van der Waals surface area (Å²) >= 11 is 7.87. The van der Waals surface area contributed by atoms with Crippen molar-refractivity contribution in [2.75, 3.05) is 5.73 Å². The minimum Gasteiger partial charge on any atom is -0.380 e. The molecule has 5 heteroatoms. The molecule has 19 heavy (non-hydrogen) atoms. The Bertz CT molecular complexity index is 719. The Morgan fingerprint density at radius 3 is 2.84 bits per heavy atom. The highest BCUT2D eigenvalue weighted by molar-refractivity contribution is 7.13. The van der Waals surface area contributed by atoms with E-state index in [4.69, 9.17) is 21.9 Å². The number of thiophene rings is 1. The van der Waals surface area contributed by atoms with E-state index < -0.39 is 0 Å². The summed E-state index contributed by atoms with van der Waals surface area (Å²) in [5.41, 5.74) is 8.62. The normalized spacial score (nSPS) is 10.8. The van der Waals surface area contributed by atoms with Crippen LogP contribution in [-0.4, -0.2) is 5.16 Å². The fourth-order valence-corrected chi connectivity index (χ4v) is 3.05. The van der Waals surface area contributed by atoms with Crippen LogP contribution in [0.15, 0.2) is 40.2 Å². The lowest BCUT2D eigenvalue weighted by Crippen LogP contribution is -1.87. The predicted octanol–water partition coefficient (Wildman–Crippen LogP) is 4.61. The molecule has 0 fully saturated rings. The number of rotatable bonds is 2. The second-order valence-electron chi connectivity index (χ2n) is 4.23. The lowest BCUT2D eigenvalue weighted by atomic mass is 10.1. The van der Waals surface area contributed by atoms with Crippen molar-refractivity contribution in [3.05, 3.63) is 46.3 Å². The molecule has 0 aliphatic heterocycles. The summed E-state index contributed by atoms with van der Waals surface area (Å²) < 4.78 is 5.37. The predicted molar refractivity (Wildman–Crippen MR) is 79.4 cm³/mol. The smallest absolute Gasteiger partial charge is 0.179 e. The maximum absolute atomic E-state index is 6.28. The van der Waals surface area contributed by atoms with Crippen molar-refractivity contribution in [1.29, 1.82) is 0 Å². The maximum atomic E-state index is 6.28. The van der Waals surface area contributed by atoms with Crippen LogP contribution in [-0.2, 0) is 0 Å². The van der Waals surface area contributed by atoms with Crippen molar-refractivity contribution in [2.45, 2.75) is 6.92 Å². The third-order valence-electron chi connectivity index (χ3n) is 2.86. The highest BCUT2D eigenvalue weighted by atomic mass is 35.5. The van der Waals surface area contributed by atoms with Crippen LogP contribution in [0.4, 0.5) is 5.82 Å². The van der Waals surface area contributed by atoms with Gasteiger partial charge in [-0.3, -0.25) is 0 Å². The molecule has 0 radical (unpaired) electrons. The monoisotopic (exact) mass is 290 g/mol. The van der Waals surface area contributed by atoms with E-state index in [0.717, 1.165) is 21.6 Å². The van der Waals surface area contributed by atoms with E-state index >= 15 is 0 Å². The van der Waals surface area contributed by atoms with E-state index in [0.29, 0.717) is 16.6 Å². The summed E-state index contributed by atoms with van der Waals surface area (Å²) in [4.78, 5) is 1.02. The van der Waals surface area contributed by atoms with Gasteiger partial charge in [0.1, 0.15) is 0 Å². The van der Waals surface area contributed by atoms with Crippen molar-refractivity contribution in [1.82, 2.24) is 5.16 Å². The van der Waals surface area contributed by atoms with Crippen LogP contribution >= 0.6 is 22.9 Å². The molecule has 3 nitrogen and oxygen atoms in total. The maximum Gasteiger partial charge on any atom is 0.179 e. The van der Waals surface area contributed by atoms with Gasteiger partial charge in [-0.25, -0.2) is 0 Å². The number of anilines is 1. The third-order valence-corrected chi connectivity index (χ3v) is 4.06. The van der Waals surface area contributed by atoms with Gasteiger partial charge in [0.25, 0.3) is 0 Å². The minimum absolute atomic E-state index is 0.383. The quantitative estimate of drug-likeness (QED) is 0.749. The molecule has 1 aromatic carbocycles. The molecule has 3 aromatic rings. The molecule has 0 amide bonds. The van der Waals surface area contributed by atoms with E-state index in [1.165, 1.54) is 0 Å². The Morgan fingerprint density at radius 2 is 2.16 bits per heavy atom. The first-order chi connectivity index (χ1) is 9.16. The van der Waals surface area contributed by atoms with E-state index in [1.54, 1.807) is 11.3 Å². The number of aromatic nitrogens is 1. The van der Waals surface area contributed by atoms with Gasteiger partial charge in [0, 0.05) is 10.4 Å². The number of nitrogen functional groups attached to an aromatic ring is 1. The summed E-state index contributed by atoms with van der Waals surface area (Å²) in [5, 5.41) is 6.48. The zero-order valence-corrected chi connectivity index (χ0v) is 11.8. The number of halogens is 1. The lowest BCUT2D eigenvalue weighted by Gasteiger charge is -2.03. The highest BCUT2D eigenvalue weighted by Crippen LogP contribution is 2.41. The van der Waals surface area contributed by atoms with E-state index in [2.05, 4.69) is 5.16 Å². The topological polar surface area (TPSA) is 52.0 Å². The number of aryl methyl sites for hydroxylation is 1. The zero-order valence-electron chi connectivity index (χ0n) is 10.2. The fraction of sp³-hybridized carbons (Fsp3) is 0.0714. The fourth-order valence-electron chi connectivity index (χ4n) is 1.95. The minimum atomic E-state index is 0.383. The van der Waals surface area contributed by atoms with Crippen LogP contribution in [0, 0.1) is 6.92 Å². The average molecular weight is 291 g/mol. The van der Waals surface area contributed by atoms with Crippen LogP contribution in [0.5, 0.6) is 0 Å². The molecule has 3 rings (SSSR count). The Kier molecular flexibility index (Phi) is 3.05. The Labute approximate surface area is 119 Å². The van der Waals surface area contributed by atoms with Crippen LogP contribution < -0.4 is 5.73 Å². The van der Waals surface area contributed by atoms with Crippen molar-refractivity contribution < 1.29 is 4.52 Å². The van der Waals surface area contributed by atoms with Gasteiger partial charge in [-0.1, -0.05) is 28.9 Å². The molecule has 0 atom stereocenters. The summed E-state index contributed by atoms with van der Waals surface area (Å²) in [6.45, 7) is 1.99. The number of benzene rings is 1. The third kappa shape index (κ3) is 2.13. The summed E-state index contributed by atoms with van der Waals surface area (Å²) in [7, 11) is 0. The molecule has 0 aliphatic rings. The van der Waals surface area contributed by atoms with Gasteiger partial charge in [-0.2, -0.15) is 0 Å². The number of nitrogens with zero attached hydrogens (tertiary/aromatic N) is 1. The van der Waals surface area contributed by atoms with Crippen molar-refractivity contribution in [3.63, 3.8) is 0 Å². The summed E-state index contributed by atoms with van der Waals surface area (Å²) in [6.07, 6.45) is 0. The van der Waals surface area contributed by atoms with Gasteiger partial charge in [-0.05, 0) is 36.1 Å². The van der Waals surface area contributed by atoms with Gasteiger partial charge in [-0.15, -0.1) is 11.3 Å². The molecule has 0 spiro atoms. The van der Waals surface area contributed by atoms with E-state index in [-0.39, 0.29) is 0 Å². The molecule has 0 aliphatic carbocycles. The highest BCUT2D eigenvalue weighted by Gasteiger charge is 2.20. The van der Waals surface area contributed by atoms with Gasteiger partial charge >= 0.3 is 0 Å². The van der Waals surface area contributed by atoms with Gasteiger partial charge < -0.3 is 10.3 Å². The largest absolute Gasteiger partial charge is 0.380 e. The molecule has 0 saturated carbocycles. The Hall–Kier alpha value is -1.78. The van der Waals surface area contributed by atoms with Gasteiger partial charge in [0.05, 0.1) is 10.6 Å². The van der Waals surface area contributed by atoms with Crippen molar-refractivity contribution in [3.8, 4) is 21.8 Å². The van der Waals surface area contributed by atoms with Crippen molar-refractivity contribution in [2.24, 2.45) is 0 Å². The second kappa shape index (κ2) is 4.72. The molecule has 2 aromatic heterocycles. The molecule has 2 N–H and O–H groups in total. The van der Waals surface area contributed by atoms with Crippen LogP contribution in [0.25, 0.3) is 21.8 Å². The molecular weight excluding hydrogens is 280 g/mol. The molecule has 0 saturated heterocycles. The Balaban J connectivity index is 2.21. The SMILES string of the molecule is Cc1ccc(-c2onc(N)c2-c2cccs2)c(Cl)c1. The zero-order chi connectivity index (χ0) is 13.4.